The largest absolute Gasteiger partial charge is 0.456 e. The molecule has 6 nitrogen and oxygen atoms in total. The van der Waals surface area contributed by atoms with Gasteiger partial charge in [-0.1, -0.05) is 0 Å². The van der Waals surface area contributed by atoms with Crippen LogP contribution in [-0.4, -0.2) is 0 Å². The van der Waals surface area contributed by atoms with Crippen LogP contribution in [0.2, 0.25) is 0 Å². The molecule has 0 atom stereocenters. The molecule has 1 aromatic heterocycles. The van der Waals surface area contributed by atoms with Crippen molar-refractivity contribution < 1.29 is 9.15 Å². The molecular weight excluding hydrogens is 316 g/mol. The maximum Gasteiger partial charge on any atom is 0.212 e. The van der Waals surface area contributed by atoms with Crippen LogP contribution in [0, 0.1) is 5.41 Å². The fourth-order valence-corrected chi connectivity index (χ4v) is 2.82. The van der Waals surface area contributed by atoms with Crippen LogP contribution in [0.15, 0.2) is 58.7 Å². The molecule has 4 rings (SSSR count). The van der Waals surface area contributed by atoms with Crippen LogP contribution in [0.1, 0.15) is 11.1 Å². The second kappa shape index (κ2) is 5.45. The summed E-state index contributed by atoms with van der Waals surface area (Å²) in [5.74, 6) is 1.16. The molecular formula is C19H16N4O2. The predicted octanol–water partition coefficient (Wildman–Crippen LogP) is 2.81. The zero-order valence-corrected chi connectivity index (χ0v) is 13.2. The van der Waals surface area contributed by atoms with Crippen LogP contribution in [0.5, 0.6) is 5.75 Å². The van der Waals surface area contributed by atoms with E-state index in [4.69, 9.17) is 31.8 Å². The van der Waals surface area contributed by atoms with Gasteiger partial charge in [0.1, 0.15) is 17.1 Å². The predicted molar refractivity (Wildman–Crippen MR) is 98.1 cm³/mol. The maximum atomic E-state index is 7.86. The molecule has 2 aromatic carbocycles. The zero-order chi connectivity index (χ0) is 17.6. The smallest absolute Gasteiger partial charge is 0.212 e. The van der Waals surface area contributed by atoms with E-state index in [1.54, 1.807) is 36.4 Å². The van der Waals surface area contributed by atoms with Crippen molar-refractivity contribution in [1.29, 1.82) is 5.41 Å². The molecule has 0 unspecified atom stereocenters. The maximum absolute atomic E-state index is 7.86. The normalized spacial score (nSPS) is 14.9. The first kappa shape index (κ1) is 14.9. The molecule has 0 spiro atoms. The molecule has 124 valence electrons. The van der Waals surface area contributed by atoms with E-state index in [2.05, 4.69) is 0 Å². The van der Waals surface area contributed by atoms with Gasteiger partial charge in [-0.05, 0) is 35.9 Å². The van der Waals surface area contributed by atoms with E-state index in [0.717, 1.165) is 16.5 Å². The molecule has 0 fully saturated rings. The average Bonchev–Trinajstić information content (AvgIpc) is 2.53. The molecule has 0 saturated heterocycles. The number of fused-ring (bicyclic) bond motifs is 2. The number of nitrogen functional groups attached to an aromatic ring is 2. The van der Waals surface area contributed by atoms with E-state index in [-0.39, 0.29) is 5.55 Å². The van der Waals surface area contributed by atoms with E-state index in [9.17, 15) is 0 Å². The van der Waals surface area contributed by atoms with Crippen molar-refractivity contribution in [2.45, 2.75) is 0 Å². The lowest BCUT2D eigenvalue weighted by Gasteiger charge is -2.18. The third-order valence-corrected chi connectivity index (χ3v) is 3.96. The van der Waals surface area contributed by atoms with Crippen LogP contribution >= 0.6 is 0 Å². The summed E-state index contributed by atoms with van der Waals surface area (Å²) in [5.41, 5.74) is 21.7. The number of rotatable bonds is 1. The van der Waals surface area contributed by atoms with Crippen molar-refractivity contribution in [3.63, 3.8) is 0 Å². The van der Waals surface area contributed by atoms with Gasteiger partial charge in [0.25, 0.3) is 0 Å². The third-order valence-electron chi connectivity index (χ3n) is 3.96. The molecule has 6 heteroatoms. The first-order valence-corrected chi connectivity index (χ1v) is 7.64. The quantitative estimate of drug-likeness (QED) is 0.510. The van der Waals surface area contributed by atoms with Gasteiger partial charge in [0, 0.05) is 52.3 Å². The summed E-state index contributed by atoms with van der Waals surface area (Å²) in [6.07, 6.45) is 3.56. The zero-order valence-electron chi connectivity index (χ0n) is 13.2. The van der Waals surface area contributed by atoms with E-state index in [1.165, 1.54) is 0 Å². The molecule has 2 heterocycles. The molecule has 0 bridgehead atoms. The number of nitrogens with two attached hydrogens (primary N) is 3. The van der Waals surface area contributed by atoms with Crippen LogP contribution in [-0.2, 0) is 0 Å². The second-order valence-electron chi connectivity index (χ2n) is 5.83. The molecule has 7 N–H and O–H groups in total. The van der Waals surface area contributed by atoms with Crippen molar-refractivity contribution >= 4 is 34.1 Å². The average molecular weight is 332 g/mol. The highest BCUT2D eigenvalue weighted by atomic mass is 16.5. The molecule has 0 amide bonds. The monoisotopic (exact) mass is 332 g/mol. The summed E-state index contributed by atoms with van der Waals surface area (Å²) in [5, 5.41) is 8.68. The highest BCUT2D eigenvalue weighted by molar-refractivity contribution is 5.89. The highest BCUT2D eigenvalue weighted by Crippen LogP contribution is 2.33. The van der Waals surface area contributed by atoms with Crippen molar-refractivity contribution in [2.75, 3.05) is 11.5 Å². The van der Waals surface area contributed by atoms with Crippen LogP contribution in [0.25, 0.3) is 22.7 Å². The number of anilines is 2. The van der Waals surface area contributed by atoms with E-state index in [0.29, 0.717) is 34.2 Å². The van der Waals surface area contributed by atoms with Gasteiger partial charge in [-0.25, -0.2) is 0 Å². The summed E-state index contributed by atoms with van der Waals surface area (Å²) in [4.78, 5) is 0. The van der Waals surface area contributed by atoms with Crippen molar-refractivity contribution in [1.82, 2.24) is 0 Å². The number of allylic oxidation sites excluding steroid dienone is 1. The molecule has 1 aliphatic rings. The van der Waals surface area contributed by atoms with Gasteiger partial charge in [-0.15, -0.1) is 0 Å². The highest BCUT2D eigenvalue weighted by Gasteiger charge is 2.15. The summed E-state index contributed by atoms with van der Waals surface area (Å²) >= 11 is 0. The van der Waals surface area contributed by atoms with Gasteiger partial charge in [-0.3, -0.25) is 5.41 Å². The molecule has 0 saturated carbocycles. The SMILES string of the molecule is N=c1cc(/C=C2/C=C(N)c3ccc(N)cc3O2)c2ccc(N)cc2o1. The second-order valence-corrected chi connectivity index (χ2v) is 5.83. The van der Waals surface area contributed by atoms with Gasteiger partial charge in [-0.2, -0.15) is 0 Å². The lowest BCUT2D eigenvalue weighted by Crippen LogP contribution is -2.09. The summed E-state index contributed by atoms with van der Waals surface area (Å²) in [7, 11) is 0. The number of ether oxygens (including phenoxy) is 1. The Morgan fingerprint density at radius 2 is 1.68 bits per heavy atom. The van der Waals surface area contributed by atoms with E-state index < -0.39 is 0 Å². The van der Waals surface area contributed by atoms with Gasteiger partial charge in [0.2, 0.25) is 5.55 Å². The molecule has 3 aromatic rings. The Balaban J connectivity index is 1.86. The van der Waals surface area contributed by atoms with Crippen LogP contribution in [0.4, 0.5) is 11.4 Å². The van der Waals surface area contributed by atoms with Crippen LogP contribution in [0.3, 0.4) is 0 Å². The first-order valence-electron chi connectivity index (χ1n) is 7.64. The Morgan fingerprint density at radius 3 is 2.52 bits per heavy atom. The minimum Gasteiger partial charge on any atom is -0.456 e. The van der Waals surface area contributed by atoms with E-state index >= 15 is 0 Å². The summed E-state index contributed by atoms with van der Waals surface area (Å²) in [6, 6.07) is 12.3. The lowest BCUT2D eigenvalue weighted by atomic mass is 10.0. The first-order chi connectivity index (χ1) is 12.0. The van der Waals surface area contributed by atoms with Gasteiger partial charge in [0.15, 0.2) is 0 Å². The fraction of sp³-hybridized carbons (Fsp3) is 0. The molecule has 25 heavy (non-hydrogen) atoms. The fourth-order valence-electron chi connectivity index (χ4n) is 2.82. The number of benzene rings is 2. The van der Waals surface area contributed by atoms with Gasteiger partial charge in [0.05, 0.1) is 0 Å². The topological polar surface area (TPSA) is 124 Å². The Labute approximate surface area is 143 Å². The van der Waals surface area contributed by atoms with Crippen LogP contribution < -0.4 is 27.5 Å². The molecule has 0 aliphatic carbocycles. The van der Waals surface area contributed by atoms with Crippen molar-refractivity contribution in [3.8, 4) is 5.75 Å². The van der Waals surface area contributed by atoms with E-state index in [1.807, 2.05) is 18.2 Å². The Bertz CT molecular complexity index is 1130. The number of hydrogen-bond donors (Lipinski definition) is 4. The Kier molecular flexibility index (Phi) is 3.25. The number of hydrogen-bond acceptors (Lipinski definition) is 6. The molecule has 0 radical (unpaired) electrons. The Morgan fingerprint density at radius 1 is 0.920 bits per heavy atom. The standard InChI is InChI=1S/C19H16N4O2/c20-11-1-3-14-10(6-19(23)25-17(14)7-11)5-13-9-16(22)15-4-2-12(21)8-18(15)24-13/h1-9,23H,20-22H2/b13-5-,23-19?. The van der Waals surface area contributed by atoms with Gasteiger partial charge < -0.3 is 26.4 Å². The third kappa shape index (κ3) is 2.70. The lowest BCUT2D eigenvalue weighted by molar-refractivity contribution is 0.443. The minimum absolute atomic E-state index is 0.0300. The molecule has 1 aliphatic heterocycles. The van der Waals surface area contributed by atoms with Crippen molar-refractivity contribution in [2.24, 2.45) is 5.73 Å². The summed E-state index contributed by atoms with van der Waals surface area (Å²) in [6.45, 7) is 0. The summed E-state index contributed by atoms with van der Waals surface area (Å²) < 4.78 is 11.3. The van der Waals surface area contributed by atoms with Gasteiger partial charge >= 0.3 is 0 Å². The number of nitrogens with one attached hydrogen (secondary N) is 1. The Hall–Kier alpha value is -3.67. The van der Waals surface area contributed by atoms with Crippen molar-refractivity contribution in [3.05, 3.63) is 71.0 Å². The minimum atomic E-state index is 0.0300.